The van der Waals surface area contributed by atoms with Gasteiger partial charge < -0.3 is 10.4 Å². The van der Waals surface area contributed by atoms with Gasteiger partial charge in [-0.05, 0) is 25.5 Å². The van der Waals surface area contributed by atoms with Crippen molar-refractivity contribution in [2.45, 2.75) is 19.8 Å². The van der Waals surface area contributed by atoms with E-state index in [-0.39, 0.29) is 30.0 Å². The van der Waals surface area contributed by atoms with Crippen LogP contribution in [-0.2, 0) is 14.8 Å². The molecule has 116 valence electrons. The van der Waals surface area contributed by atoms with Crippen molar-refractivity contribution in [1.82, 2.24) is 5.32 Å². The van der Waals surface area contributed by atoms with Gasteiger partial charge in [0.25, 0.3) is 5.91 Å². The average molecular weight is 314 g/mol. The van der Waals surface area contributed by atoms with E-state index in [0.29, 0.717) is 6.42 Å². The predicted octanol–water partition coefficient (Wildman–Crippen LogP) is 1.04. The molecule has 0 spiro atoms. The minimum absolute atomic E-state index is 0.0373. The number of nitrogens with one attached hydrogen (secondary N) is 2. The van der Waals surface area contributed by atoms with Gasteiger partial charge >= 0.3 is 5.97 Å². The molecule has 8 heteroatoms. The van der Waals surface area contributed by atoms with E-state index < -0.39 is 21.9 Å². The van der Waals surface area contributed by atoms with Gasteiger partial charge in [0.1, 0.15) is 0 Å². The molecule has 1 aromatic carbocycles. The minimum atomic E-state index is -3.47. The lowest BCUT2D eigenvalue weighted by molar-refractivity contribution is -0.137. The Morgan fingerprint density at radius 1 is 1.24 bits per heavy atom. The van der Waals surface area contributed by atoms with Crippen molar-refractivity contribution >= 4 is 27.6 Å². The highest BCUT2D eigenvalue weighted by Crippen LogP contribution is 2.16. The molecule has 0 radical (unpaired) electrons. The molecule has 0 unspecified atom stereocenters. The molecule has 0 heterocycles. The summed E-state index contributed by atoms with van der Waals surface area (Å²) in [6.07, 6.45) is 0.272. The standard InChI is InChI=1S/C13H18N2O5S/c1-2-21(19,20)15-11-7-4-3-6-10(11)13(18)14-9-5-8-12(16)17/h3-4,6-7,15H,2,5,8-9H2,1H3,(H,14,18)(H,16,17). The van der Waals surface area contributed by atoms with Gasteiger partial charge in [0.05, 0.1) is 17.0 Å². The van der Waals surface area contributed by atoms with E-state index in [1.807, 2.05) is 0 Å². The third kappa shape index (κ3) is 5.82. The Bertz CT molecular complexity index is 613. The fraction of sp³-hybridized carbons (Fsp3) is 0.385. The second-order valence-electron chi connectivity index (χ2n) is 4.30. The number of benzene rings is 1. The Hall–Kier alpha value is -2.09. The summed E-state index contributed by atoms with van der Waals surface area (Å²) in [5.74, 6) is -1.48. The van der Waals surface area contributed by atoms with Crippen LogP contribution >= 0.6 is 0 Å². The number of rotatable bonds is 8. The largest absolute Gasteiger partial charge is 0.481 e. The number of anilines is 1. The van der Waals surface area contributed by atoms with Gasteiger partial charge in [0.15, 0.2) is 0 Å². The monoisotopic (exact) mass is 314 g/mol. The van der Waals surface area contributed by atoms with Gasteiger partial charge in [-0.25, -0.2) is 8.42 Å². The number of para-hydroxylation sites is 1. The quantitative estimate of drug-likeness (QED) is 0.621. The van der Waals surface area contributed by atoms with E-state index in [0.717, 1.165) is 0 Å². The van der Waals surface area contributed by atoms with Crippen LogP contribution in [0.2, 0.25) is 0 Å². The maximum absolute atomic E-state index is 12.0. The smallest absolute Gasteiger partial charge is 0.303 e. The van der Waals surface area contributed by atoms with Gasteiger partial charge in [-0.2, -0.15) is 0 Å². The zero-order chi connectivity index (χ0) is 15.9. The average Bonchev–Trinajstić information content (AvgIpc) is 2.43. The third-order valence-electron chi connectivity index (χ3n) is 2.67. The van der Waals surface area contributed by atoms with E-state index >= 15 is 0 Å². The highest BCUT2D eigenvalue weighted by molar-refractivity contribution is 7.92. The lowest BCUT2D eigenvalue weighted by Crippen LogP contribution is -2.26. The number of carbonyl (C=O) groups excluding carboxylic acids is 1. The SMILES string of the molecule is CCS(=O)(=O)Nc1ccccc1C(=O)NCCCC(=O)O. The third-order valence-corrected chi connectivity index (χ3v) is 3.96. The lowest BCUT2D eigenvalue weighted by Gasteiger charge is -2.11. The molecular formula is C13H18N2O5S. The van der Waals surface area contributed by atoms with Gasteiger partial charge in [-0.15, -0.1) is 0 Å². The first-order chi connectivity index (χ1) is 9.85. The number of aliphatic carboxylic acids is 1. The van der Waals surface area contributed by atoms with Crippen LogP contribution in [0.4, 0.5) is 5.69 Å². The number of sulfonamides is 1. The molecule has 0 atom stereocenters. The molecule has 1 aromatic rings. The molecular weight excluding hydrogens is 296 g/mol. The topological polar surface area (TPSA) is 113 Å². The van der Waals surface area contributed by atoms with Crippen LogP contribution in [0.25, 0.3) is 0 Å². The molecule has 0 aliphatic rings. The fourth-order valence-corrected chi connectivity index (χ4v) is 2.20. The summed E-state index contributed by atoms with van der Waals surface area (Å²) in [6, 6.07) is 6.24. The van der Waals surface area contributed by atoms with Crippen LogP contribution in [0.5, 0.6) is 0 Å². The van der Waals surface area contributed by atoms with Gasteiger partial charge in [0.2, 0.25) is 10.0 Å². The van der Waals surface area contributed by atoms with Crippen molar-refractivity contribution in [3.8, 4) is 0 Å². The summed E-state index contributed by atoms with van der Waals surface area (Å²) in [5.41, 5.74) is 0.403. The molecule has 7 nitrogen and oxygen atoms in total. The van der Waals surface area contributed by atoms with Crippen LogP contribution in [-0.4, -0.2) is 37.7 Å². The first kappa shape index (κ1) is 17.0. The summed E-state index contributed by atoms with van der Waals surface area (Å²) < 4.78 is 25.5. The number of carboxylic acid groups (broad SMARTS) is 1. The number of amides is 1. The fourth-order valence-electron chi connectivity index (χ4n) is 1.55. The Morgan fingerprint density at radius 3 is 2.52 bits per heavy atom. The first-order valence-corrected chi connectivity index (χ1v) is 8.10. The molecule has 1 amide bonds. The van der Waals surface area contributed by atoms with Gasteiger partial charge in [-0.1, -0.05) is 12.1 Å². The summed E-state index contributed by atoms with van der Waals surface area (Å²) in [7, 11) is -3.47. The molecule has 0 saturated carbocycles. The highest BCUT2D eigenvalue weighted by Gasteiger charge is 2.14. The van der Waals surface area contributed by atoms with E-state index in [2.05, 4.69) is 10.0 Å². The van der Waals surface area contributed by atoms with E-state index in [1.165, 1.54) is 19.1 Å². The van der Waals surface area contributed by atoms with Gasteiger partial charge in [0, 0.05) is 13.0 Å². The van der Waals surface area contributed by atoms with E-state index in [9.17, 15) is 18.0 Å². The second kappa shape index (κ2) is 7.63. The predicted molar refractivity (Wildman–Crippen MR) is 78.7 cm³/mol. The number of carboxylic acids is 1. The highest BCUT2D eigenvalue weighted by atomic mass is 32.2. The zero-order valence-electron chi connectivity index (χ0n) is 11.6. The Labute approximate surface area is 123 Å². The molecule has 0 fully saturated rings. The molecule has 0 saturated heterocycles. The first-order valence-electron chi connectivity index (χ1n) is 6.45. The molecule has 0 aliphatic heterocycles. The van der Waals surface area contributed by atoms with E-state index in [4.69, 9.17) is 5.11 Å². The number of carbonyl (C=O) groups is 2. The summed E-state index contributed by atoms with van der Waals surface area (Å²) in [4.78, 5) is 22.4. The van der Waals surface area contributed by atoms with Crippen molar-refractivity contribution in [3.05, 3.63) is 29.8 Å². The van der Waals surface area contributed by atoms with Crippen LogP contribution in [0.3, 0.4) is 0 Å². The molecule has 3 N–H and O–H groups in total. The van der Waals surface area contributed by atoms with Gasteiger partial charge in [-0.3, -0.25) is 14.3 Å². The lowest BCUT2D eigenvalue weighted by atomic mass is 10.1. The summed E-state index contributed by atoms with van der Waals surface area (Å²) in [6.45, 7) is 1.71. The Kier molecular flexibility index (Phi) is 6.16. The maximum Gasteiger partial charge on any atom is 0.303 e. The molecule has 0 aromatic heterocycles. The maximum atomic E-state index is 12.0. The van der Waals surface area contributed by atoms with Crippen LogP contribution in [0.15, 0.2) is 24.3 Å². The molecule has 0 aliphatic carbocycles. The van der Waals surface area contributed by atoms with Crippen LogP contribution in [0, 0.1) is 0 Å². The van der Waals surface area contributed by atoms with Crippen LogP contribution in [0.1, 0.15) is 30.1 Å². The number of hydrogen-bond donors (Lipinski definition) is 3. The Morgan fingerprint density at radius 2 is 1.90 bits per heavy atom. The van der Waals surface area contributed by atoms with E-state index in [1.54, 1.807) is 12.1 Å². The molecule has 0 bridgehead atoms. The number of hydrogen-bond acceptors (Lipinski definition) is 4. The van der Waals surface area contributed by atoms with Crippen molar-refractivity contribution in [1.29, 1.82) is 0 Å². The minimum Gasteiger partial charge on any atom is -0.481 e. The molecule has 21 heavy (non-hydrogen) atoms. The summed E-state index contributed by atoms with van der Waals surface area (Å²) in [5, 5.41) is 11.1. The second-order valence-corrected chi connectivity index (χ2v) is 6.32. The zero-order valence-corrected chi connectivity index (χ0v) is 12.4. The molecule has 1 rings (SSSR count). The van der Waals surface area contributed by atoms with Crippen molar-refractivity contribution in [2.75, 3.05) is 17.0 Å². The van der Waals surface area contributed by atoms with Crippen molar-refractivity contribution in [3.63, 3.8) is 0 Å². The normalized spacial score (nSPS) is 10.9. The van der Waals surface area contributed by atoms with Crippen LogP contribution < -0.4 is 10.0 Å². The summed E-state index contributed by atoms with van der Waals surface area (Å²) >= 11 is 0. The Balaban J connectivity index is 2.74. The van der Waals surface area contributed by atoms with Crippen molar-refractivity contribution in [2.24, 2.45) is 0 Å². The van der Waals surface area contributed by atoms with Crippen molar-refractivity contribution < 1.29 is 23.1 Å².